The Labute approximate surface area is 157 Å². The Hall–Kier alpha value is -2.73. The summed E-state index contributed by atoms with van der Waals surface area (Å²) in [5.41, 5.74) is 3.96. The van der Waals surface area contributed by atoms with Gasteiger partial charge in [-0.15, -0.1) is 0 Å². The van der Waals surface area contributed by atoms with Crippen molar-refractivity contribution in [2.45, 2.75) is 13.8 Å². The highest BCUT2D eigenvalue weighted by atomic mass is 32.2. The van der Waals surface area contributed by atoms with E-state index >= 15 is 0 Å². The number of ether oxygens (including phenoxy) is 2. The van der Waals surface area contributed by atoms with Crippen molar-refractivity contribution in [3.05, 3.63) is 58.0 Å². The maximum absolute atomic E-state index is 12.3. The van der Waals surface area contributed by atoms with Crippen LogP contribution in [0.4, 0.5) is 5.69 Å². The summed E-state index contributed by atoms with van der Waals surface area (Å²) in [6.07, 6.45) is 1.81. The van der Waals surface area contributed by atoms with Crippen LogP contribution in [0.5, 0.6) is 11.5 Å². The van der Waals surface area contributed by atoms with Crippen molar-refractivity contribution in [2.24, 2.45) is 4.99 Å². The van der Waals surface area contributed by atoms with E-state index in [1.165, 1.54) is 11.8 Å². The smallest absolute Gasteiger partial charge is 0.264 e. The van der Waals surface area contributed by atoms with Gasteiger partial charge in [-0.1, -0.05) is 12.1 Å². The predicted molar refractivity (Wildman–Crippen MR) is 106 cm³/mol. The number of hydrogen-bond donors (Lipinski definition) is 1. The third kappa shape index (κ3) is 4.08. The van der Waals surface area contributed by atoms with Crippen LogP contribution in [0.2, 0.25) is 0 Å². The molecule has 2 aromatic rings. The molecule has 134 valence electrons. The molecule has 0 aliphatic carbocycles. The number of hydrogen-bond acceptors (Lipinski definition) is 5. The van der Waals surface area contributed by atoms with Crippen LogP contribution in [0.25, 0.3) is 6.08 Å². The quantitative estimate of drug-likeness (QED) is 0.821. The molecule has 3 rings (SSSR count). The average molecular weight is 368 g/mol. The lowest BCUT2D eigenvalue weighted by atomic mass is 10.1. The maximum Gasteiger partial charge on any atom is 0.264 e. The lowest BCUT2D eigenvalue weighted by Gasteiger charge is -2.07. The molecule has 0 radical (unpaired) electrons. The fourth-order valence-corrected chi connectivity index (χ4v) is 3.55. The number of aryl methyl sites for hydroxylation is 2. The van der Waals surface area contributed by atoms with Gasteiger partial charge in [0.15, 0.2) is 16.7 Å². The molecule has 6 heteroatoms. The maximum atomic E-state index is 12.3. The number of methoxy groups -OCH3 is 2. The Morgan fingerprint density at radius 3 is 2.35 bits per heavy atom. The van der Waals surface area contributed by atoms with E-state index in [1.54, 1.807) is 14.2 Å². The van der Waals surface area contributed by atoms with Crippen molar-refractivity contribution in [1.29, 1.82) is 0 Å². The van der Waals surface area contributed by atoms with Crippen LogP contribution in [0.3, 0.4) is 0 Å². The van der Waals surface area contributed by atoms with Gasteiger partial charge in [0, 0.05) is 0 Å². The largest absolute Gasteiger partial charge is 0.493 e. The number of nitrogens with one attached hydrogen (secondary N) is 1. The molecule has 0 atom stereocenters. The fourth-order valence-electron chi connectivity index (χ4n) is 2.71. The summed E-state index contributed by atoms with van der Waals surface area (Å²) >= 11 is 1.32. The Bertz CT molecular complexity index is 899. The van der Waals surface area contributed by atoms with Crippen LogP contribution >= 0.6 is 11.8 Å². The minimum atomic E-state index is -0.159. The predicted octanol–water partition coefficient (Wildman–Crippen LogP) is 4.21. The second-order valence-corrected chi connectivity index (χ2v) is 6.97. The first kappa shape index (κ1) is 18.1. The van der Waals surface area contributed by atoms with Gasteiger partial charge in [-0.2, -0.15) is 0 Å². The second-order valence-electron chi connectivity index (χ2n) is 5.94. The molecule has 26 heavy (non-hydrogen) atoms. The average Bonchev–Trinajstić information content (AvgIpc) is 2.92. The Balaban J connectivity index is 1.85. The van der Waals surface area contributed by atoms with Crippen LogP contribution in [-0.2, 0) is 4.79 Å². The van der Waals surface area contributed by atoms with E-state index < -0.39 is 0 Å². The van der Waals surface area contributed by atoms with Gasteiger partial charge < -0.3 is 14.8 Å². The van der Waals surface area contributed by atoms with Crippen molar-refractivity contribution < 1.29 is 14.3 Å². The van der Waals surface area contributed by atoms with Gasteiger partial charge in [-0.3, -0.25) is 4.79 Å². The number of amides is 1. The molecular formula is C20H20N2O3S. The van der Waals surface area contributed by atoms with Crippen molar-refractivity contribution in [1.82, 2.24) is 5.32 Å². The van der Waals surface area contributed by atoms with Gasteiger partial charge in [0.2, 0.25) is 0 Å². The van der Waals surface area contributed by atoms with Crippen molar-refractivity contribution >= 4 is 34.6 Å². The first-order valence-electron chi connectivity index (χ1n) is 8.08. The molecule has 0 unspecified atom stereocenters. The first-order chi connectivity index (χ1) is 12.5. The van der Waals surface area contributed by atoms with Gasteiger partial charge in [0.05, 0.1) is 24.8 Å². The number of carbonyl (C=O) groups is 1. The molecule has 1 fully saturated rings. The molecule has 1 aliphatic rings. The van der Waals surface area contributed by atoms with E-state index in [-0.39, 0.29) is 5.91 Å². The van der Waals surface area contributed by atoms with E-state index in [1.807, 2.05) is 50.3 Å². The Kier molecular flexibility index (Phi) is 5.32. The van der Waals surface area contributed by atoms with Gasteiger partial charge >= 0.3 is 0 Å². The van der Waals surface area contributed by atoms with Crippen molar-refractivity contribution in [3.63, 3.8) is 0 Å². The SMILES string of the molecule is COc1ccc(/C=C2\SC(=Nc3cc(C)cc(C)c3)NC2=O)cc1OC. The normalized spacial score (nSPS) is 16.8. The fraction of sp³-hybridized carbons (Fsp3) is 0.200. The van der Waals surface area contributed by atoms with Crippen LogP contribution in [0, 0.1) is 13.8 Å². The van der Waals surface area contributed by atoms with Crippen molar-refractivity contribution in [2.75, 3.05) is 14.2 Å². The zero-order chi connectivity index (χ0) is 18.7. The number of nitrogens with zero attached hydrogens (tertiary/aromatic N) is 1. The Morgan fingerprint density at radius 1 is 1.00 bits per heavy atom. The monoisotopic (exact) mass is 368 g/mol. The lowest BCUT2D eigenvalue weighted by Crippen LogP contribution is -2.19. The van der Waals surface area contributed by atoms with Crippen LogP contribution in [0.15, 0.2) is 46.3 Å². The molecular weight excluding hydrogens is 348 g/mol. The zero-order valence-corrected chi connectivity index (χ0v) is 15.9. The van der Waals surface area contributed by atoms with Crippen LogP contribution < -0.4 is 14.8 Å². The number of amidine groups is 1. The summed E-state index contributed by atoms with van der Waals surface area (Å²) in [5, 5.41) is 3.39. The third-order valence-electron chi connectivity index (χ3n) is 3.79. The summed E-state index contributed by atoms with van der Waals surface area (Å²) in [6, 6.07) is 11.6. The minimum Gasteiger partial charge on any atom is -0.493 e. The number of aliphatic imine (C=N–C) groups is 1. The minimum absolute atomic E-state index is 0.159. The summed E-state index contributed by atoms with van der Waals surface area (Å²) in [7, 11) is 3.17. The van der Waals surface area contributed by atoms with E-state index in [4.69, 9.17) is 9.47 Å². The highest BCUT2D eigenvalue weighted by Crippen LogP contribution is 2.32. The van der Waals surface area contributed by atoms with Crippen molar-refractivity contribution in [3.8, 4) is 11.5 Å². The highest BCUT2D eigenvalue weighted by Gasteiger charge is 2.24. The first-order valence-corrected chi connectivity index (χ1v) is 8.90. The number of rotatable bonds is 4. The topological polar surface area (TPSA) is 59.9 Å². The van der Waals surface area contributed by atoms with Gasteiger partial charge in [-0.05, 0) is 72.6 Å². The third-order valence-corrected chi connectivity index (χ3v) is 4.70. The number of carbonyl (C=O) groups excluding carboxylic acids is 1. The highest BCUT2D eigenvalue weighted by molar-refractivity contribution is 8.18. The molecule has 0 bridgehead atoms. The molecule has 0 spiro atoms. The van der Waals surface area contributed by atoms with Gasteiger partial charge in [-0.25, -0.2) is 4.99 Å². The number of thioether (sulfide) groups is 1. The summed E-state index contributed by atoms with van der Waals surface area (Å²) in [5.74, 6) is 1.11. The zero-order valence-electron chi connectivity index (χ0n) is 15.1. The molecule has 1 aliphatic heterocycles. The standard InChI is InChI=1S/C20H20N2O3S/c1-12-7-13(2)9-15(8-12)21-20-22-19(23)18(26-20)11-14-5-6-16(24-3)17(10-14)25-4/h5-11H,1-4H3,(H,21,22,23)/b18-11-. The molecule has 1 saturated heterocycles. The summed E-state index contributed by atoms with van der Waals surface area (Å²) in [4.78, 5) is 17.4. The van der Waals surface area contributed by atoms with E-state index in [0.29, 0.717) is 21.6 Å². The Morgan fingerprint density at radius 2 is 1.69 bits per heavy atom. The summed E-state index contributed by atoms with van der Waals surface area (Å²) in [6.45, 7) is 4.05. The van der Waals surface area contributed by atoms with Crippen LogP contribution in [0.1, 0.15) is 16.7 Å². The molecule has 0 aromatic heterocycles. The molecule has 1 N–H and O–H groups in total. The van der Waals surface area contributed by atoms with Gasteiger partial charge in [0.25, 0.3) is 5.91 Å². The van der Waals surface area contributed by atoms with E-state index in [0.717, 1.165) is 22.4 Å². The van der Waals surface area contributed by atoms with Crippen LogP contribution in [-0.4, -0.2) is 25.3 Å². The van der Waals surface area contributed by atoms with Gasteiger partial charge in [0.1, 0.15) is 0 Å². The molecule has 0 saturated carbocycles. The van der Waals surface area contributed by atoms with E-state index in [9.17, 15) is 4.79 Å². The second kappa shape index (κ2) is 7.66. The molecule has 2 aromatic carbocycles. The molecule has 1 amide bonds. The number of benzene rings is 2. The van der Waals surface area contributed by atoms with E-state index in [2.05, 4.69) is 16.4 Å². The lowest BCUT2D eigenvalue weighted by molar-refractivity contribution is -0.115. The molecule has 5 nitrogen and oxygen atoms in total. The summed E-state index contributed by atoms with van der Waals surface area (Å²) < 4.78 is 10.5. The molecule has 1 heterocycles.